The Labute approximate surface area is 152 Å². The van der Waals surface area contributed by atoms with Gasteiger partial charge in [-0.2, -0.15) is 0 Å². The third kappa shape index (κ3) is 5.70. The van der Waals surface area contributed by atoms with Crippen LogP contribution in [0.4, 0.5) is 0 Å². The average molecular weight is 379 g/mol. The predicted octanol–water partition coefficient (Wildman–Crippen LogP) is 2.78. The van der Waals surface area contributed by atoms with Crippen LogP contribution in [0.25, 0.3) is 0 Å². The maximum absolute atomic E-state index is 12.3. The second-order valence-corrected chi connectivity index (χ2v) is 7.50. The molecule has 0 fully saturated rings. The van der Waals surface area contributed by atoms with E-state index in [9.17, 15) is 13.2 Å². The first-order valence-corrected chi connectivity index (χ1v) is 9.52. The molecule has 2 rings (SSSR count). The van der Waals surface area contributed by atoms with Crippen LogP contribution in [0.5, 0.6) is 0 Å². The van der Waals surface area contributed by atoms with Crippen LogP contribution >= 0.6 is 11.6 Å². The van der Waals surface area contributed by atoms with Gasteiger partial charge < -0.3 is 5.32 Å². The maximum Gasteiger partial charge on any atom is 0.251 e. The van der Waals surface area contributed by atoms with E-state index in [-0.39, 0.29) is 17.3 Å². The zero-order chi connectivity index (χ0) is 18.3. The van der Waals surface area contributed by atoms with Crippen LogP contribution < -0.4 is 10.0 Å². The first kappa shape index (κ1) is 19.2. The minimum Gasteiger partial charge on any atom is -0.349 e. The number of rotatable bonds is 8. The lowest BCUT2D eigenvalue weighted by Gasteiger charge is -2.08. The molecule has 1 amide bonds. The first-order chi connectivity index (χ1) is 11.9. The summed E-state index contributed by atoms with van der Waals surface area (Å²) in [5.41, 5.74) is 1.34. The van der Waals surface area contributed by atoms with Crippen LogP contribution in [0, 0.1) is 0 Å². The summed E-state index contributed by atoms with van der Waals surface area (Å²) in [6, 6.07) is 13.0. The summed E-state index contributed by atoms with van der Waals surface area (Å²) < 4.78 is 27.1. The molecule has 0 spiro atoms. The van der Waals surface area contributed by atoms with Crippen molar-refractivity contribution in [3.8, 4) is 0 Å². The van der Waals surface area contributed by atoms with Crippen LogP contribution in [0.2, 0.25) is 5.02 Å². The van der Waals surface area contributed by atoms with E-state index < -0.39 is 10.0 Å². The molecule has 2 N–H and O–H groups in total. The predicted molar refractivity (Wildman–Crippen MR) is 99.3 cm³/mol. The lowest BCUT2D eigenvalue weighted by Crippen LogP contribution is -2.26. The van der Waals surface area contributed by atoms with Crippen LogP contribution in [-0.2, 0) is 16.4 Å². The van der Waals surface area contributed by atoms with E-state index in [1.165, 1.54) is 24.3 Å². The Hall–Kier alpha value is -2.15. The Balaban J connectivity index is 1.97. The molecule has 2 aromatic rings. The van der Waals surface area contributed by atoms with E-state index in [0.29, 0.717) is 23.6 Å². The molecule has 5 nitrogen and oxygen atoms in total. The smallest absolute Gasteiger partial charge is 0.251 e. The Morgan fingerprint density at radius 3 is 2.52 bits per heavy atom. The molecule has 0 heterocycles. The van der Waals surface area contributed by atoms with Gasteiger partial charge in [0.05, 0.1) is 4.90 Å². The van der Waals surface area contributed by atoms with Crippen molar-refractivity contribution in [3.63, 3.8) is 0 Å². The summed E-state index contributed by atoms with van der Waals surface area (Å²) in [4.78, 5) is 11.9. The number of sulfonamides is 1. The Morgan fingerprint density at radius 2 is 1.88 bits per heavy atom. The summed E-state index contributed by atoms with van der Waals surface area (Å²) in [6.45, 7) is 4.12. The highest BCUT2D eigenvalue weighted by Crippen LogP contribution is 2.13. The number of halogens is 1. The van der Waals surface area contributed by atoms with Crippen LogP contribution in [0.3, 0.4) is 0 Å². The van der Waals surface area contributed by atoms with E-state index in [1.807, 2.05) is 12.1 Å². The van der Waals surface area contributed by atoms with Crippen molar-refractivity contribution >= 4 is 27.5 Å². The molecule has 0 radical (unpaired) electrons. The molecule has 0 saturated heterocycles. The lowest BCUT2D eigenvalue weighted by molar-refractivity contribution is 0.0958. The molecule has 0 bridgehead atoms. The highest BCUT2D eigenvalue weighted by atomic mass is 35.5. The van der Waals surface area contributed by atoms with Crippen molar-refractivity contribution in [2.45, 2.75) is 11.3 Å². The van der Waals surface area contributed by atoms with E-state index in [4.69, 9.17) is 11.6 Å². The minimum atomic E-state index is -3.63. The standard InChI is InChI=1S/C18H19ClN2O3S/c1-2-11-20-18(22)15-6-8-17(9-7-15)25(23,24)21-12-10-14-4-3-5-16(19)13-14/h2-9,13,21H,1,10-12H2,(H,20,22). The Morgan fingerprint density at radius 1 is 1.16 bits per heavy atom. The molecule has 0 aliphatic rings. The lowest BCUT2D eigenvalue weighted by atomic mass is 10.2. The van der Waals surface area contributed by atoms with Gasteiger partial charge in [-0.15, -0.1) is 6.58 Å². The van der Waals surface area contributed by atoms with Gasteiger partial charge in [-0.05, 0) is 48.4 Å². The molecule has 132 valence electrons. The molecular weight excluding hydrogens is 360 g/mol. The monoisotopic (exact) mass is 378 g/mol. The summed E-state index contributed by atoms with van der Waals surface area (Å²) in [7, 11) is -3.63. The Kier molecular flexibility index (Phi) is 6.75. The molecule has 0 atom stereocenters. The van der Waals surface area contributed by atoms with Gasteiger partial charge in [0, 0.05) is 23.7 Å². The molecular formula is C18H19ClN2O3S. The fourth-order valence-electron chi connectivity index (χ4n) is 2.16. The molecule has 0 aliphatic carbocycles. The number of carbonyl (C=O) groups is 1. The van der Waals surface area contributed by atoms with Gasteiger partial charge in [0.15, 0.2) is 0 Å². The third-order valence-electron chi connectivity index (χ3n) is 3.43. The second-order valence-electron chi connectivity index (χ2n) is 5.30. The van der Waals surface area contributed by atoms with Crippen LogP contribution in [0.1, 0.15) is 15.9 Å². The fraction of sp³-hybridized carbons (Fsp3) is 0.167. The maximum atomic E-state index is 12.3. The zero-order valence-electron chi connectivity index (χ0n) is 13.5. The van der Waals surface area contributed by atoms with Gasteiger partial charge in [0.25, 0.3) is 5.91 Å². The molecule has 0 unspecified atom stereocenters. The number of carbonyl (C=O) groups excluding carboxylic acids is 1. The van der Waals surface area contributed by atoms with Gasteiger partial charge in [0.2, 0.25) is 10.0 Å². The van der Waals surface area contributed by atoms with E-state index in [0.717, 1.165) is 5.56 Å². The highest BCUT2D eigenvalue weighted by molar-refractivity contribution is 7.89. The van der Waals surface area contributed by atoms with Crippen LogP contribution in [0.15, 0.2) is 66.1 Å². The topological polar surface area (TPSA) is 75.3 Å². The van der Waals surface area contributed by atoms with Crippen LogP contribution in [-0.4, -0.2) is 27.4 Å². The normalized spacial score (nSPS) is 11.1. The quantitative estimate of drug-likeness (QED) is 0.693. The second kappa shape index (κ2) is 8.80. The van der Waals surface area contributed by atoms with Crippen molar-refractivity contribution in [1.29, 1.82) is 0 Å². The molecule has 25 heavy (non-hydrogen) atoms. The van der Waals surface area contributed by atoms with Crippen molar-refractivity contribution in [2.75, 3.05) is 13.1 Å². The average Bonchev–Trinajstić information content (AvgIpc) is 2.59. The first-order valence-electron chi connectivity index (χ1n) is 7.65. The SMILES string of the molecule is C=CCNC(=O)c1ccc(S(=O)(=O)NCCc2cccc(Cl)c2)cc1. The van der Waals surface area contributed by atoms with Crippen molar-refractivity contribution in [1.82, 2.24) is 10.0 Å². The van der Waals surface area contributed by atoms with Crippen molar-refractivity contribution in [3.05, 3.63) is 77.3 Å². The van der Waals surface area contributed by atoms with Crippen molar-refractivity contribution < 1.29 is 13.2 Å². The highest BCUT2D eigenvalue weighted by Gasteiger charge is 2.14. The molecule has 7 heteroatoms. The van der Waals surface area contributed by atoms with Gasteiger partial charge >= 0.3 is 0 Å². The van der Waals surface area contributed by atoms with Gasteiger partial charge in [-0.1, -0.05) is 29.8 Å². The Bertz CT molecular complexity index is 849. The number of amides is 1. The van der Waals surface area contributed by atoms with E-state index in [1.54, 1.807) is 18.2 Å². The number of hydrogen-bond acceptors (Lipinski definition) is 3. The largest absolute Gasteiger partial charge is 0.349 e. The van der Waals surface area contributed by atoms with Gasteiger partial charge in [-0.3, -0.25) is 4.79 Å². The minimum absolute atomic E-state index is 0.110. The fourth-order valence-corrected chi connectivity index (χ4v) is 3.40. The summed E-state index contributed by atoms with van der Waals surface area (Å²) in [5.74, 6) is -0.280. The molecule has 2 aromatic carbocycles. The van der Waals surface area contributed by atoms with E-state index >= 15 is 0 Å². The summed E-state index contributed by atoms with van der Waals surface area (Å²) in [6.07, 6.45) is 2.10. The van der Waals surface area contributed by atoms with E-state index in [2.05, 4.69) is 16.6 Å². The molecule has 0 aliphatic heterocycles. The number of hydrogen-bond donors (Lipinski definition) is 2. The van der Waals surface area contributed by atoms with Gasteiger partial charge in [-0.25, -0.2) is 13.1 Å². The number of benzene rings is 2. The summed E-state index contributed by atoms with van der Waals surface area (Å²) >= 11 is 5.90. The zero-order valence-corrected chi connectivity index (χ0v) is 15.1. The molecule has 0 aromatic heterocycles. The van der Waals surface area contributed by atoms with Crippen molar-refractivity contribution in [2.24, 2.45) is 0 Å². The molecule has 0 saturated carbocycles. The summed E-state index contributed by atoms with van der Waals surface area (Å²) in [5, 5.41) is 3.25. The number of nitrogens with one attached hydrogen (secondary N) is 2. The van der Waals surface area contributed by atoms with Gasteiger partial charge in [0.1, 0.15) is 0 Å². The third-order valence-corrected chi connectivity index (χ3v) is 5.14.